The third-order valence-electron chi connectivity index (χ3n) is 5.95. The fourth-order valence-corrected chi connectivity index (χ4v) is 4.46. The monoisotopic (exact) mass is 331 g/mol. The molecule has 0 N–H and O–H groups in total. The van der Waals surface area contributed by atoms with Crippen molar-refractivity contribution in [2.24, 2.45) is 13.0 Å². The Morgan fingerprint density at radius 2 is 1.92 bits per heavy atom. The van der Waals surface area contributed by atoms with Gasteiger partial charge < -0.3 is 14.4 Å². The maximum atomic E-state index is 13.0. The van der Waals surface area contributed by atoms with Gasteiger partial charge in [-0.25, -0.2) is 0 Å². The highest BCUT2D eigenvalue weighted by Crippen LogP contribution is 2.39. The van der Waals surface area contributed by atoms with E-state index in [9.17, 15) is 4.79 Å². The summed E-state index contributed by atoms with van der Waals surface area (Å²) in [6, 6.07) is 1.96. The molecule has 4 nitrogen and oxygen atoms in total. The van der Waals surface area contributed by atoms with Crippen LogP contribution in [-0.2, 0) is 7.05 Å². The van der Waals surface area contributed by atoms with Crippen LogP contribution in [0.15, 0.2) is 18.5 Å². The minimum atomic E-state index is 0.111. The number of nitrogens with zero attached hydrogens (tertiary/aromatic N) is 3. The second-order valence-corrected chi connectivity index (χ2v) is 8.23. The molecule has 4 heteroatoms. The van der Waals surface area contributed by atoms with E-state index in [4.69, 9.17) is 0 Å². The topological polar surface area (TPSA) is 28.5 Å². The normalized spacial score (nSPS) is 25.6. The van der Waals surface area contributed by atoms with E-state index in [0.29, 0.717) is 0 Å². The molecule has 2 aliphatic heterocycles. The van der Waals surface area contributed by atoms with Crippen molar-refractivity contribution in [3.05, 3.63) is 24.0 Å². The third kappa shape index (κ3) is 3.69. The van der Waals surface area contributed by atoms with Crippen molar-refractivity contribution in [3.63, 3.8) is 0 Å². The number of carbonyl (C=O) groups excluding carboxylic acids is 1. The van der Waals surface area contributed by atoms with Crippen LogP contribution in [0.2, 0.25) is 0 Å². The minimum absolute atomic E-state index is 0.111. The Kier molecular flexibility index (Phi) is 5.33. The summed E-state index contributed by atoms with van der Waals surface area (Å²) in [5, 5.41) is 0. The maximum Gasteiger partial charge on any atom is 0.255 e. The van der Waals surface area contributed by atoms with Crippen LogP contribution in [0.1, 0.15) is 62.7 Å². The van der Waals surface area contributed by atoms with Crippen molar-refractivity contribution < 1.29 is 4.79 Å². The van der Waals surface area contributed by atoms with E-state index < -0.39 is 0 Å². The molecule has 1 aromatic heterocycles. The molecule has 1 spiro atoms. The lowest BCUT2D eigenvalue weighted by atomic mass is 9.87. The molecule has 0 aromatic carbocycles. The molecule has 2 saturated heterocycles. The highest BCUT2D eigenvalue weighted by atomic mass is 16.2. The summed E-state index contributed by atoms with van der Waals surface area (Å²) in [7, 11) is 1.98. The number of rotatable bonds is 4. The number of hydrogen-bond acceptors (Lipinski definition) is 2. The van der Waals surface area contributed by atoms with Crippen LogP contribution in [0.4, 0.5) is 0 Å². The van der Waals surface area contributed by atoms with Gasteiger partial charge in [0.25, 0.3) is 5.91 Å². The Labute approximate surface area is 146 Å². The molecular weight excluding hydrogens is 298 g/mol. The SMILES string of the molecule is CC(C)CCN1CCC[C@@]2(CCCN2C(=O)c2ccn(C)c2)CC1. The quantitative estimate of drug-likeness (QED) is 0.844. The van der Waals surface area contributed by atoms with Gasteiger partial charge in [0.2, 0.25) is 0 Å². The van der Waals surface area contributed by atoms with Gasteiger partial charge in [0.15, 0.2) is 0 Å². The van der Waals surface area contributed by atoms with E-state index in [1.165, 1.54) is 38.8 Å². The summed E-state index contributed by atoms with van der Waals surface area (Å²) < 4.78 is 1.97. The first kappa shape index (κ1) is 17.5. The molecule has 134 valence electrons. The van der Waals surface area contributed by atoms with Gasteiger partial charge in [-0.15, -0.1) is 0 Å². The molecule has 0 radical (unpaired) electrons. The van der Waals surface area contributed by atoms with Crippen LogP contribution in [-0.4, -0.2) is 52.0 Å². The van der Waals surface area contributed by atoms with E-state index in [0.717, 1.165) is 37.4 Å². The van der Waals surface area contributed by atoms with Crippen molar-refractivity contribution in [2.45, 2.75) is 57.9 Å². The van der Waals surface area contributed by atoms with Gasteiger partial charge in [-0.3, -0.25) is 4.79 Å². The van der Waals surface area contributed by atoms with Crippen molar-refractivity contribution in [2.75, 3.05) is 26.2 Å². The maximum absolute atomic E-state index is 13.0. The Morgan fingerprint density at radius 3 is 2.58 bits per heavy atom. The zero-order valence-corrected chi connectivity index (χ0v) is 15.6. The molecule has 3 heterocycles. The lowest BCUT2D eigenvalue weighted by Crippen LogP contribution is -2.47. The fourth-order valence-electron chi connectivity index (χ4n) is 4.46. The number of hydrogen-bond donors (Lipinski definition) is 0. The van der Waals surface area contributed by atoms with Crippen LogP contribution in [0.5, 0.6) is 0 Å². The van der Waals surface area contributed by atoms with E-state index in [-0.39, 0.29) is 11.4 Å². The first-order valence-electron chi connectivity index (χ1n) is 9.66. The molecule has 0 aliphatic carbocycles. The van der Waals surface area contributed by atoms with E-state index in [1.807, 2.05) is 30.1 Å². The summed E-state index contributed by atoms with van der Waals surface area (Å²) in [6.45, 7) is 9.08. The molecule has 0 unspecified atom stereocenters. The predicted octanol–water partition coefficient (Wildman–Crippen LogP) is 3.53. The van der Waals surface area contributed by atoms with Gasteiger partial charge in [0, 0.05) is 38.1 Å². The smallest absolute Gasteiger partial charge is 0.255 e. The van der Waals surface area contributed by atoms with Gasteiger partial charge in [-0.1, -0.05) is 13.8 Å². The molecular formula is C20H33N3O. The summed E-state index contributed by atoms with van der Waals surface area (Å²) >= 11 is 0. The van der Waals surface area contributed by atoms with Gasteiger partial charge in [0.05, 0.1) is 5.56 Å². The summed E-state index contributed by atoms with van der Waals surface area (Å²) in [6.07, 6.45) is 11.1. The van der Waals surface area contributed by atoms with Crippen molar-refractivity contribution in [3.8, 4) is 0 Å². The van der Waals surface area contributed by atoms with Crippen molar-refractivity contribution >= 4 is 5.91 Å². The first-order chi connectivity index (χ1) is 11.5. The van der Waals surface area contributed by atoms with Gasteiger partial charge >= 0.3 is 0 Å². The number of amides is 1. The largest absolute Gasteiger partial charge is 0.356 e. The molecule has 2 fully saturated rings. The lowest BCUT2D eigenvalue weighted by molar-refractivity contribution is 0.0558. The molecule has 1 amide bonds. The minimum Gasteiger partial charge on any atom is -0.356 e. The predicted molar refractivity (Wildman–Crippen MR) is 98.2 cm³/mol. The third-order valence-corrected chi connectivity index (χ3v) is 5.95. The Balaban J connectivity index is 1.68. The van der Waals surface area contributed by atoms with Gasteiger partial charge in [-0.05, 0) is 63.6 Å². The summed E-state index contributed by atoms with van der Waals surface area (Å²) in [4.78, 5) is 17.9. The van der Waals surface area contributed by atoms with Crippen LogP contribution in [0.25, 0.3) is 0 Å². The zero-order valence-electron chi connectivity index (χ0n) is 15.6. The average molecular weight is 332 g/mol. The van der Waals surface area contributed by atoms with Crippen LogP contribution >= 0.6 is 0 Å². The molecule has 0 bridgehead atoms. The molecule has 1 atom stereocenters. The first-order valence-corrected chi connectivity index (χ1v) is 9.66. The van der Waals surface area contributed by atoms with Crippen LogP contribution in [0, 0.1) is 5.92 Å². The van der Waals surface area contributed by atoms with E-state index in [2.05, 4.69) is 23.6 Å². The van der Waals surface area contributed by atoms with Crippen LogP contribution < -0.4 is 0 Å². The van der Waals surface area contributed by atoms with E-state index in [1.54, 1.807) is 0 Å². The summed E-state index contributed by atoms with van der Waals surface area (Å²) in [5.41, 5.74) is 0.958. The molecule has 2 aliphatic rings. The van der Waals surface area contributed by atoms with Crippen molar-refractivity contribution in [1.82, 2.24) is 14.4 Å². The number of aromatic nitrogens is 1. The standard InChI is InChI=1S/C20H33N3O/c1-17(2)6-14-22-11-4-8-20(10-15-22)9-5-12-23(20)19(24)18-7-13-21(3)16-18/h7,13,16-17H,4-6,8-12,14-15H2,1-3H3/t20-/m1/s1. The zero-order chi connectivity index (χ0) is 17.2. The Hall–Kier alpha value is -1.29. The van der Waals surface area contributed by atoms with Gasteiger partial charge in [-0.2, -0.15) is 0 Å². The highest BCUT2D eigenvalue weighted by molar-refractivity contribution is 5.94. The number of aryl methyl sites for hydroxylation is 1. The second kappa shape index (κ2) is 7.30. The number of carbonyl (C=O) groups is 1. The lowest BCUT2D eigenvalue weighted by Gasteiger charge is -2.38. The second-order valence-electron chi connectivity index (χ2n) is 8.23. The molecule has 3 rings (SSSR count). The fraction of sp³-hybridized carbons (Fsp3) is 0.750. The molecule has 0 saturated carbocycles. The number of likely N-dealkylation sites (tertiary alicyclic amines) is 2. The average Bonchev–Trinajstić information content (AvgIpc) is 3.09. The molecule has 24 heavy (non-hydrogen) atoms. The molecule has 1 aromatic rings. The highest BCUT2D eigenvalue weighted by Gasteiger charge is 2.44. The Morgan fingerprint density at radius 1 is 1.17 bits per heavy atom. The Bertz CT molecular complexity index is 565. The van der Waals surface area contributed by atoms with E-state index >= 15 is 0 Å². The van der Waals surface area contributed by atoms with Crippen molar-refractivity contribution in [1.29, 1.82) is 0 Å². The van der Waals surface area contributed by atoms with Gasteiger partial charge in [0.1, 0.15) is 0 Å². The summed E-state index contributed by atoms with van der Waals surface area (Å²) in [5.74, 6) is 1.01. The van der Waals surface area contributed by atoms with Crippen LogP contribution in [0.3, 0.4) is 0 Å².